The van der Waals surface area contributed by atoms with Gasteiger partial charge in [0.05, 0.1) is 31.8 Å². The van der Waals surface area contributed by atoms with E-state index in [0.717, 1.165) is 0 Å². The van der Waals surface area contributed by atoms with Crippen LogP contribution in [0.5, 0.6) is 34.5 Å². The second kappa shape index (κ2) is 25.0. The fraction of sp³-hybridized carbons (Fsp3) is 0.0741. The summed E-state index contributed by atoms with van der Waals surface area (Å²) in [5.41, 5.74) is 7.95. The predicted molar refractivity (Wildman–Crippen MR) is 415 cm³/mol. The van der Waals surface area contributed by atoms with Gasteiger partial charge in [-0.1, -0.05) is 218 Å². The second-order valence-electron chi connectivity index (χ2n) is 26.4. The molecule has 0 spiro atoms. The topological polar surface area (TPSA) is 206 Å². The zero-order valence-electron chi connectivity index (χ0n) is 55.7. The van der Waals surface area contributed by atoms with Gasteiger partial charge in [-0.15, -0.1) is 0 Å². The molecule has 0 N–H and O–H groups in total. The lowest BCUT2D eigenvalue weighted by molar-refractivity contribution is 0.482. The standard InChI is InChI=1S/C81H60N6O12P6/c88-100(73-43-19-7-31-61(73)55-25-1-13-37-67(55)94-100)49-85(50-101(89)74-44-20-8-32-62(74)56-26-2-14-38-68(56)95-101)79-82-80(86(51-102(90)75-45-21-9-33-63(75)57-27-3-15-39-69(57)96-102)52-103(91)76-46-22-10-34-64(76)58-28-4-16-40-70(58)97-103)84-81(83-79)87(53-104(92)77-47-23-11-35-65(77)59-29-5-17-41-71(59)98-104)54-105(93)78-48-24-12-36-66(78)60-30-6-18-42-72(60)99-105/h1-48H,49-54H2. The quantitative estimate of drug-likeness (QED) is 0.0875. The number of hydrogen-bond donors (Lipinski definition) is 0. The largest absolute Gasteiger partial charge is 0.438 e. The zero-order valence-corrected chi connectivity index (χ0v) is 61.1. The molecule has 0 fully saturated rings. The van der Waals surface area contributed by atoms with Crippen LogP contribution in [0.3, 0.4) is 0 Å². The Morgan fingerprint density at radius 3 is 0.486 bits per heavy atom. The summed E-state index contributed by atoms with van der Waals surface area (Å²) in [6.45, 7) is 0. The first-order valence-corrected chi connectivity index (χ1v) is 44.9. The zero-order chi connectivity index (χ0) is 70.9. The summed E-state index contributed by atoms with van der Waals surface area (Å²) in [5.74, 6) is 0.985. The van der Waals surface area contributed by atoms with Crippen LogP contribution in [0.4, 0.5) is 17.8 Å². The van der Waals surface area contributed by atoms with Gasteiger partial charge >= 0.3 is 0 Å². The molecule has 0 amide bonds. The fourth-order valence-corrected chi connectivity index (χ4v) is 29.6. The van der Waals surface area contributed by atoms with E-state index in [2.05, 4.69) is 0 Å². The van der Waals surface area contributed by atoms with E-state index in [-0.39, 0.29) is 17.8 Å². The lowest BCUT2D eigenvalue weighted by Gasteiger charge is -2.38. The summed E-state index contributed by atoms with van der Waals surface area (Å²) in [7, 11) is -26.1. The Bertz CT molecular complexity index is 5190. The van der Waals surface area contributed by atoms with Crippen LogP contribution in [0, 0.1) is 0 Å². The molecule has 6 aliphatic heterocycles. The second-order valence-corrected chi connectivity index (χ2v) is 40.1. The monoisotopic (exact) mass is 1490 g/mol. The molecule has 13 aromatic rings. The molecule has 0 saturated heterocycles. The maximum absolute atomic E-state index is 17.0. The Morgan fingerprint density at radius 1 is 0.190 bits per heavy atom. The van der Waals surface area contributed by atoms with Gasteiger partial charge in [0.15, 0.2) is 0 Å². The summed E-state index contributed by atoms with van der Waals surface area (Å²) < 4.78 is 143. The van der Waals surface area contributed by atoms with Crippen molar-refractivity contribution >= 4 is 93.9 Å². The van der Waals surface area contributed by atoms with Gasteiger partial charge in [0.1, 0.15) is 72.2 Å². The average molecular weight is 1500 g/mol. The third kappa shape index (κ3) is 11.0. The highest BCUT2D eigenvalue weighted by molar-refractivity contribution is 7.70. The van der Waals surface area contributed by atoms with Crippen molar-refractivity contribution in [3.8, 4) is 101 Å². The SMILES string of the molecule is O=P1(CN(CP2(=O)Oc3ccccc3-c3ccccc32)c2nc(N(CP3(=O)Oc4ccccc4-c4ccccc43)CP3(=O)Oc4ccccc4-c4ccccc43)nc(N(CP3(=O)Oc4ccccc4-c4ccccc43)CP3(=O)Oc4ccccc4-c4ccccc43)n2)Oc2ccccc2-c2ccccc21. The minimum Gasteiger partial charge on any atom is -0.438 e. The normalized spacial score (nSPS) is 21.7. The van der Waals surface area contributed by atoms with Crippen molar-refractivity contribution in [1.29, 1.82) is 0 Å². The van der Waals surface area contributed by atoms with Gasteiger partial charge in [0.2, 0.25) is 17.8 Å². The van der Waals surface area contributed by atoms with Crippen LogP contribution in [0.2, 0.25) is 0 Å². The van der Waals surface area contributed by atoms with E-state index in [4.69, 9.17) is 42.1 Å². The van der Waals surface area contributed by atoms with E-state index in [1.54, 1.807) is 146 Å². The molecule has 7 heterocycles. The van der Waals surface area contributed by atoms with E-state index >= 15 is 27.4 Å². The maximum atomic E-state index is 17.0. The van der Waals surface area contributed by atoms with Gasteiger partial charge in [0, 0.05) is 33.4 Å². The highest BCUT2D eigenvalue weighted by atomic mass is 31.2. The van der Waals surface area contributed by atoms with E-state index < -0.39 is 81.9 Å². The van der Waals surface area contributed by atoms with Gasteiger partial charge < -0.3 is 41.8 Å². The molecular weight excluding hydrogens is 1430 g/mol. The minimum atomic E-state index is -4.35. The Labute approximate surface area is 604 Å². The van der Waals surface area contributed by atoms with Crippen molar-refractivity contribution in [2.24, 2.45) is 0 Å². The highest BCUT2D eigenvalue weighted by Gasteiger charge is 2.49. The van der Waals surface area contributed by atoms with Gasteiger partial charge in [-0.25, -0.2) is 0 Å². The molecule has 1 aromatic heterocycles. The van der Waals surface area contributed by atoms with Crippen LogP contribution in [0.15, 0.2) is 291 Å². The molecule has 12 aromatic carbocycles. The smallest absolute Gasteiger partial charge is 0.296 e. The first-order chi connectivity index (χ1) is 51.1. The van der Waals surface area contributed by atoms with Crippen LogP contribution in [-0.2, 0) is 27.4 Å². The molecular formula is C81H60N6O12P6. The van der Waals surface area contributed by atoms with E-state index in [1.165, 1.54) is 14.7 Å². The van der Waals surface area contributed by atoms with Gasteiger partial charge in [-0.2, -0.15) is 15.0 Å². The van der Waals surface area contributed by atoms with Crippen molar-refractivity contribution in [1.82, 2.24) is 15.0 Å². The number of anilines is 3. The summed E-state index contributed by atoms with van der Waals surface area (Å²) >= 11 is 0. The Balaban J connectivity index is 0.879. The Hall–Kier alpha value is -10.8. The highest BCUT2D eigenvalue weighted by Crippen LogP contribution is 2.64. The van der Waals surface area contributed by atoms with Crippen LogP contribution in [-0.4, -0.2) is 52.7 Å². The molecule has 0 radical (unpaired) electrons. The van der Waals surface area contributed by atoms with Gasteiger partial charge in [-0.3, -0.25) is 27.4 Å². The maximum Gasteiger partial charge on any atom is 0.296 e. The molecule has 6 atom stereocenters. The van der Waals surface area contributed by atoms with Crippen molar-refractivity contribution in [3.05, 3.63) is 291 Å². The third-order valence-corrected chi connectivity index (χ3v) is 33.7. The first-order valence-electron chi connectivity index (χ1n) is 34.0. The molecule has 0 bridgehead atoms. The molecule has 0 saturated carbocycles. The van der Waals surface area contributed by atoms with Crippen molar-refractivity contribution in [2.45, 2.75) is 0 Å². The fourth-order valence-electron chi connectivity index (χ4n) is 15.1. The number of nitrogens with zero attached hydrogens (tertiary/aromatic N) is 6. The summed E-state index contributed by atoms with van der Waals surface area (Å²) in [6.07, 6.45) is -3.54. The number of benzene rings is 12. The van der Waals surface area contributed by atoms with Crippen LogP contribution in [0.25, 0.3) is 66.8 Å². The lowest BCUT2D eigenvalue weighted by atomic mass is 10.0. The van der Waals surface area contributed by atoms with Crippen LogP contribution < -0.4 is 73.7 Å². The Morgan fingerprint density at radius 2 is 0.324 bits per heavy atom. The minimum absolute atomic E-state index is 0.320. The van der Waals surface area contributed by atoms with Crippen molar-refractivity contribution < 1.29 is 54.5 Å². The third-order valence-electron chi connectivity index (χ3n) is 19.8. The predicted octanol–water partition coefficient (Wildman–Crippen LogP) is 18.0. The Kier molecular flexibility index (Phi) is 15.5. The number of rotatable bonds is 15. The lowest BCUT2D eigenvalue weighted by Crippen LogP contribution is -2.40. The molecule has 105 heavy (non-hydrogen) atoms. The molecule has 18 nitrogen and oxygen atoms in total. The molecule has 516 valence electrons. The van der Waals surface area contributed by atoms with Crippen molar-refractivity contribution in [2.75, 3.05) is 52.4 Å². The summed E-state index contributed by atoms with van der Waals surface area (Å²) in [5, 5.41) is 2.06. The average Bonchev–Trinajstić information content (AvgIpc) is 0.731. The summed E-state index contributed by atoms with van der Waals surface area (Å²) in [6, 6.07) is 87.2. The number of fused-ring (bicyclic) bond motifs is 18. The number of hydrogen-bond acceptors (Lipinski definition) is 18. The number of para-hydroxylation sites is 6. The molecule has 24 heteroatoms. The van der Waals surface area contributed by atoms with E-state index in [9.17, 15) is 0 Å². The molecule has 0 aliphatic carbocycles. The van der Waals surface area contributed by atoms with E-state index in [0.29, 0.717) is 133 Å². The molecule has 19 rings (SSSR count). The van der Waals surface area contributed by atoms with Crippen molar-refractivity contribution in [3.63, 3.8) is 0 Å². The van der Waals surface area contributed by atoms with E-state index in [1.807, 2.05) is 146 Å². The number of aromatic nitrogens is 3. The van der Waals surface area contributed by atoms with Gasteiger partial charge in [0.25, 0.3) is 44.2 Å². The van der Waals surface area contributed by atoms with Crippen LogP contribution in [0.1, 0.15) is 0 Å². The first kappa shape index (κ1) is 65.0. The molecule has 6 unspecified atom stereocenters. The summed E-state index contributed by atoms with van der Waals surface area (Å²) in [4.78, 5) is 20.9. The molecule has 6 aliphatic rings. The van der Waals surface area contributed by atoms with Gasteiger partial charge in [-0.05, 0) is 106 Å². The van der Waals surface area contributed by atoms with Crippen LogP contribution >= 0.6 is 44.2 Å².